The summed E-state index contributed by atoms with van der Waals surface area (Å²) in [7, 11) is -4.72. The van der Waals surface area contributed by atoms with Crippen LogP contribution in [0.5, 0.6) is 0 Å². The molecular weight excluding hydrogens is 330 g/mol. The van der Waals surface area contributed by atoms with Crippen LogP contribution < -0.4 is 10.6 Å². The molecule has 0 radical (unpaired) electrons. The van der Waals surface area contributed by atoms with Gasteiger partial charge in [0.15, 0.2) is 0 Å². The third kappa shape index (κ3) is 5.43. The first-order chi connectivity index (χ1) is 10.7. The summed E-state index contributed by atoms with van der Waals surface area (Å²) in [4.78, 5) is 11.3. The van der Waals surface area contributed by atoms with Crippen LogP contribution in [0.2, 0.25) is 0 Å². The largest absolute Gasteiger partial charge is 0.396 e. The highest BCUT2D eigenvalue weighted by atomic mass is 32.2. The molecule has 23 heavy (non-hydrogen) atoms. The third-order valence-corrected chi connectivity index (χ3v) is 4.60. The Bertz CT molecular complexity index is 635. The second-order valence-electron chi connectivity index (χ2n) is 5.29. The van der Waals surface area contributed by atoms with Crippen molar-refractivity contribution in [3.05, 3.63) is 24.3 Å². The molecule has 0 aliphatic carbocycles. The average molecular weight is 350 g/mol. The summed E-state index contributed by atoms with van der Waals surface area (Å²) in [6.45, 7) is 3.65. The SMILES string of the molecule is CC(C)C(CCO)NC(=O)Nc1cccc(S(=O)(=O)C(F)F)c1. The highest BCUT2D eigenvalue weighted by Crippen LogP contribution is 2.21. The van der Waals surface area contributed by atoms with Crippen molar-refractivity contribution in [1.29, 1.82) is 0 Å². The molecule has 0 aliphatic rings. The van der Waals surface area contributed by atoms with Crippen LogP contribution in [0.15, 0.2) is 29.2 Å². The fraction of sp³-hybridized carbons (Fsp3) is 0.500. The number of hydrogen-bond donors (Lipinski definition) is 3. The first-order valence-electron chi connectivity index (χ1n) is 6.99. The molecule has 2 amide bonds. The molecule has 1 aromatic carbocycles. The molecule has 1 aromatic rings. The van der Waals surface area contributed by atoms with Crippen molar-refractivity contribution in [3.8, 4) is 0 Å². The Hall–Kier alpha value is -1.74. The standard InChI is InChI=1S/C14H20F2N2O4S/c1-9(2)12(6-7-19)18-14(20)17-10-4-3-5-11(8-10)23(21,22)13(15)16/h3-5,8-9,12-13,19H,6-7H2,1-2H3,(H2,17,18,20). The van der Waals surface area contributed by atoms with Gasteiger partial charge >= 0.3 is 11.8 Å². The fourth-order valence-electron chi connectivity index (χ4n) is 1.90. The highest BCUT2D eigenvalue weighted by Gasteiger charge is 2.26. The maximum Gasteiger partial charge on any atom is 0.341 e. The molecule has 0 aliphatic heterocycles. The summed E-state index contributed by atoms with van der Waals surface area (Å²) in [6, 6.07) is 3.78. The molecule has 0 fully saturated rings. The molecule has 0 heterocycles. The number of alkyl halides is 2. The molecule has 6 nitrogen and oxygen atoms in total. The lowest BCUT2D eigenvalue weighted by atomic mass is 10.0. The van der Waals surface area contributed by atoms with Crippen molar-refractivity contribution < 1.29 is 27.1 Å². The van der Waals surface area contributed by atoms with Gasteiger partial charge in [0.25, 0.3) is 0 Å². The van der Waals surface area contributed by atoms with Crippen molar-refractivity contribution in [2.75, 3.05) is 11.9 Å². The van der Waals surface area contributed by atoms with Crippen LogP contribution in [0.4, 0.5) is 19.3 Å². The van der Waals surface area contributed by atoms with Crippen LogP contribution in [0.1, 0.15) is 20.3 Å². The van der Waals surface area contributed by atoms with Crippen molar-refractivity contribution in [2.45, 2.75) is 37.0 Å². The summed E-state index contributed by atoms with van der Waals surface area (Å²) in [5, 5.41) is 14.0. The van der Waals surface area contributed by atoms with Crippen LogP contribution in [0.25, 0.3) is 0 Å². The molecule has 3 N–H and O–H groups in total. The van der Waals surface area contributed by atoms with E-state index in [4.69, 9.17) is 5.11 Å². The van der Waals surface area contributed by atoms with Gasteiger partial charge in [-0.05, 0) is 30.5 Å². The predicted octanol–water partition coefficient (Wildman–Crippen LogP) is 2.21. The van der Waals surface area contributed by atoms with Crippen molar-refractivity contribution in [1.82, 2.24) is 5.32 Å². The lowest BCUT2D eigenvalue weighted by molar-refractivity contribution is 0.227. The van der Waals surface area contributed by atoms with Gasteiger partial charge in [-0.25, -0.2) is 13.2 Å². The monoisotopic (exact) mass is 350 g/mol. The third-order valence-electron chi connectivity index (χ3n) is 3.22. The van der Waals surface area contributed by atoms with Crippen molar-refractivity contribution >= 4 is 21.6 Å². The molecular formula is C14H20F2N2O4S. The van der Waals surface area contributed by atoms with Gasteiger partial charge in [-0.1, -0.05) is 19.9 Å². The Kier molecular flexibility index (Phi) is 6.89. The van der Waals surface area contributed by atoms with E-state index in [1.54, 1.807) is 0 Å². The van der Waals surface area contributed by atoms with Crippen LogP contribution in [-0.4, -0.2) is 38.0 Å². The predicted molar refractivity (Wildman–Crippen MR) is 82.1 cm³/mol. The number of sulfone groups is 1. The molecule has 0 saturated heterocycles. The number of urea groups is 1. The fourth-order valence-corrected chi connectivity index (χ4v) is 2.67. The number of anilines is 1. The van der Waals surface area contributed by atoms with Gasteiger partial charge in [-0.2, -0.15) is 8.78 Å². The number of carbonyl (C=O) groups is 1. The van der Waals surface area contributed by atoms with Crippen LogP contribution in [0, 0.1) is 5.92 Å². The van der Waals surface area contributed by atoms with E-state index < -0.39 is 26.5 Å². The molecule has 0 aromatic heterocycles. The molecule has 0 bridgehead atoms. The van der Waals surface area contributed by atoms with E-state index in [9.17, 15) is 22.0 Å². The Morgan fingerprint density at radius 1 is 1.30 bits per heavy atom. The van der Waals surface area contributed by atoms with Crippen LogP contribution in [0.3, 0.4) is 0 Å². The summed E-state index contributed by atoms with van der Waals surface area (Å²) >= 11 is 0. The molecule has 0 saturated carbocycles. The average Bonchev–Trinajstić information content (AvgIpc) is 2.46. The van der Waals surface area contributed by atoms with Gasteiger partial charge in [0, 0.05) is 18.3 Å². The van der Waals surface area contributed by atoms with Gasteiger partial charge in [-0.3, -0.25) is 0 Å². The summed E-state index contributed by atoms with van der Waals surface area (Å²) in [6.07, 6.45) is 0.366. The van der Waals surface area contributed by atoms with Gasteiger partial charge < -0.3 is 15.7 Å². The van der Waals surface area contributed by atoms with Crippen molar-refractivity contribution in [3.63, 3.8) is 0 Å². The lowest BCUT2D eigenvalue weighted by Crippen LogP contribution is -2.41. The number of halogens is 2. The zero-order valence-corrected chi connectivity index (χ0v) is 13.6. The summed E-state index contributed by atoms with van der Waals surface area (Å²) in [5.74, 6) is -3.44. The minimum atomic E-state index is -4.72. The van der Waals surface area contributed by atoms with E-state index in [0.29, 0.717) is 6.42 Å². The van der Waals surface area contributed by atoms with E-state index in [-0.39, 0.29) is 24.3 Å². The van der Waals surface area contributed by atoms with Gasteiger partial charge in [-0.15, -0.1) is 0 Å². The molecule has 1 atom stereocenters. The lowest BCUT2D eigenvalue weighted by Gasteiger charge is -2.21. The minimum Gasteiger partial charge on any atom is -0.396 e. The number of benzene rings is 1. The number of rotatable bonds is 7. The Morgan fingerprint density at radius 3 is 2.48 bits per heavy atom. The van der Waals surface area contributed by atoms with Crippen LogP contribution >= 0.6 is 0 Å². The molecule has 1 rings (SSSR count). The number of carbonyl (C=O) groups excluding carboxylic acids is 1. The number of hydrogen-bond acceptors (Lipinski definition) is 4. The number of aliphatic hydroxyl groups excluding tert-OH is 1. The first kappa shape index (κ1) is 19.3. The smallest absolute Gasteiger partial charge is 0.341 e. The molecule has 1 unspecified atom stereocenters. The van der Waals surface area contributed by atoms with E-state index in [1.165, 1.54) is 12.1 Å². The highest BCUT2D eigenvalue weighted by molar-refractivity contribution is 7.91. The van der Waals surface area contributed by atoms with Crippen LogP contribution in [-0.2, 0) is 9.84 Å². The maximum atomic E-state index is 12.5. The Balaban J connectivity index is 2.84. The molecule has 9 heteroatoms. The number of amides is 2. The van der Waals surface area contributed by atoms with Gasteiger partial charge in [0.2, 0.25) is 9.84 Å². The quantitative estimate of drug-likeness (QED) is 0.702. The zero-order chi connectivity index (χ0) is 17.6. The Morgan fingerprint density at radius 2 is 1.96 bits per heavy atom. The second kappa shape index (κ2) is 8.21. The van der Waals surface area contributed by atoms with E-state index in [2.05, 4.69) is 10.6 Å². The van der Waals surface area contributed by atoms with Gasteiger partial charge in [0.1, 0.15) is 0 Å². The van der Waals surface area contributed by atoms with E-state index >= 15 is 0 Å². The summed E-state index contributed by atoms with van der Waals surface area (Å²) < 4.78 is 47.9. The number of aliphatic hydroxyl groups is 1. The van der Waals surface area contributed by atoms with E-state index in [0.717, 1.165) is 12.1 Å². The van der Waals surface area contributed by atoms with E-state index in [1.807, 2.05) is 13.8 Å². The molecule has 130 valence electrons. The zero-order valence-electron chi connectivity index (χ0n) is 12.8. The Labute approximate surface area is 133 Å². The minimum absolute atomic E-state index is 0.0794. The second-order valence-corrected chi connectivity index (χ2v) is 7.21. The van der Waals surface area contributed by atoms with Crippen molar-refractivity contribution in [2.24, 2.45) is 5.92 Å². The van der Waals surface area contributed by atoms with Gasteiger partial charge in [0.05, 0.1) is 4.90 Å². The molecule has 0 spiro atoms. The number of nitrogens with one attached hydrogen (secondary N) is 2. The first-order valence-corrected chi connectivity index (χ1v) is 8.53. The maximum absolute atomic E-state index is 12.5. The normalized spacial score (nSPS) is 13.2. The topological polar surface area (TPSA) is 95.5 Å². The summed E-state index contributed by atoms with van der Waals surface area (Å²) in [5.41, 5.74) is 0.0794.